The van der Waals surface area contributed by atoms with Gasteiger partial charge in [0.1, 0.15) is 0 Å². The summed E-state index contributed by atoms with van der Waals surface area (Å²) in [6, 6.07) is 6.54. The monoisotopic (exact) mass is 268 g/mol. The molecule has 15 heavy (non-hydrogen) atoms. The summed E-state index contributed by atoms with van der Waals surface area (Å²) < 4.78 is 0. The van der Waals surface area contributed by atoms with Crippen LogP contribution in [0.3, 0.4) is 0 Å². The second-order valence-electron chi connectivity index (χ2n) is 4.99. The third-order valence-electron chi connectivity index (χ3n) is 3.31. The van der Waals surface area contributed by atoms with Crippen molar-refractivity contribution < 1.29 is 5.11 Å². The SMILES string of the molecule is CC(C)(CBr)c1ccc2c(c1)C(O)CC2. The molecule has 1 nitrogen and oxygen atoms in total. The van der Waals surface area contributed by atoms with Gasteiger partial charge in [-0.15, -0.1) is 0 Å². The molecule has 0 spiro atoms. The summed E-state index contributed by atoms with van der Waals surface area (Å²) in [6.07, 6.45) is 1.66. The van der Waals surface area contributed by atoms with E-state index in [0.29, 0.717) is 0 Å². The molecule has 2 heteroatoms. The Labute approximate surface area is 99.6 Å². The van der Waals surface area contributed by atoms with Crippen molar-refractivity contribution in [1.82, 2.24) is 0 Å². The van der Waals surface area contributed by atoms with Gasteiger partial charge < -0.3 is 5.11 Å². The van der Waals surface area contributed by atoms with E-state index in [1.165, 1.54) is 11.1 Å². The highest BCUT2D eigenvalue weighted by Crippen LogP contribution is 2.35. The van der Waals surface area contributed by atoms with Crippen molar-refractivity contribution in [3.63, 3.8) is 0 Å². The molecule has 2 rings (SSSR count). The minimum absolute atomic E-state index is 0.136. The minimum Gasteiger partial charge on any atom is -0.388 e. The number of rotatable bonds is 2. The molecule has 0 saturated heterocycles. The fourth-order valence-corrected chi connectivity index (χ4v) is 2.40. The lowest BCUT2D eigenvalue weighted by Crippen LogP contribution is -2.19. The van der Waals surface area contributed by atoms with Gasteiger partial charge in [0.05, 0.1) is 6.10 Å². The van der Waals surface area contributed by atoms with E-state index in [1.54, 1.807) is 0 Å². The zero-order valence-corrected chi connectivity index (χ0v) is 10.8. The molecule has 1 aromatic carbocycles. The van der Waals surface area contributed by atoms with Crippen molar-refractivity contribution in [2.45, 2.75) is 38.2 Å². The molecule has 0 aliphatic heterocycles. The normalized spacial score (nSPS) is 20.4. The number of alkyl halides is 1. The van der Waals surface area contributed by atoms with Crippen LogP contribution >= 0.6 is 15.9 Å². The Kier molecular flexibility index (Phi) is 2.91. The highest BCUT2D eigenvalue weighted by molar-refractivity contribution is 9.09. The summed E-state index contributed by atoms with van der Waals surface area (Å²) in [5.74, 6) is 0. The van der Waals surface area contributed by atoms with Gasteiger partial charge in [0, 0.05) is 5.33 Å². The number of aryl methyl sites for hydroxylation is 1. The summed E-state index contributed by atoms with van der Waals surface area (Å²) in [7, 11) is 0. The van der Waals surface area contributed by atoms with Gasteiger partial charge in [-0.05, 0) is 34.9 Å². The molecule has 0 radical (unpaired) electrons. The van der Waals surface area contributed by atoms with E-state index in [4.69, 9.17) is 0 Å². The van der Waals surface area contributed by atoms with Crippen LogP contribution in [0.4, 0.5) is 0 Å². The first-order valence-corrected chi connectivity index (χ1v) is 6.54. The van der Waals surface area contributed by atoms with Crippen LogP contribution in [0, 0.1) is 0 Å². The molecule has 1 unspecified atom stereocenters. The van der Waals surface area contributed by atoms with E-state index >= 15 is 0 Å². The number of halogens is 1. The first kappa shape index (κ1) is 11.2. The first-order valence-electron chi connectivity index (χ1n) is 5.42. The van der Waals surface area contributed by atoms with Crippen molar-refractivity contribution in [3.8, 4) is 0 Å². The van der Waals surface area contributed by atoms with Gasteiger partial charge in [0.15, 0.2) is 0 Å². The highest BCUT2D eigenvalue weighted by Gasteiger charge is 2.24. The van der Waals surface area contributed by atoms with Crippen molar-refractivity contribution in [2.24, 2.45) is 0 Å². The van der Waals surface area contributed by atoms with Gasteiger partial charge in [0.2, 0.25) is 0 Å². The van der Waals surface area contributed by atoms with E-state index in [1.807, 2.05) is 0 Å². The molecule has 1 aromatic rings. The fourth-order valence-electron chi connectivity index (χ4n) is 2.08. The van der Waals surface area contributed by atoms with Crippen LogP contribution in [0.25, 0.3) is 0 Å². The number of aliphatic hydroxyl groups is 1. The maximum atomic E-state index is 9.83. The molecule has 0 bridgehead atoms. The van der Waals surface area contributed by atoms with Crippen molar-refractivity contribution in [3.05, 3.63) is 34.9 Å². The van der Waals surface area contributed by atoms with Crippen LogP contribution in [0.15, 0.2) is 18.2 Å². The van der Waals surface area contributed by atoms with Crippen molar-refractivity contribution >= 4 is 15.9 Å². The predicted molar refractivity (Wildman–Crippen MR) is 66.5 cm³/mol. The largest absolute Gasteiger partial charge is 0.388 e. The van der Waals surface area contributed by atoms with Crippen LogP contribution in [-0.2, 0) is 11.8 Å². The molecule has 0 aromatic heterocycles. The first-order chi connectivity index (χ1) is 7.04. The Morgan fingerprint density at radius 3 is 2.87 bits per heavy atom. The van der Waals surface area contributed by atoms with E-state index < -0.39 is 0 Å². The Bertz CT molecular complexity index is 371. The van der Waals surface area contributed by atoms with Crippen LogP contribution in [-0.4, -0.2) is 10.4 Å². The molecule has 1 aliphatic rings. The maximum absolute atomic E-state index is 9.83. The van der Waals surface area contributed by atoms with Crippen molar-refractivity contribution in [1.29, 1.82) is 0 Å². The second kappa shape index (κ2) is 3.91. The molecular weight excluding hydrogens is 252 g/mol. The third-order valence-corrected chi connectivity index (χ3v) is 4.71. The van der Waals surface area contributed by atoms with Gasteiger partial charge in [-0.25, -0.2) is 0 Å². The molecule has 1 aliphatic carbocycles. The van der Waals surface area contributed by atoms with Crippen molar-refractivity contribution in [2.75, 3.05) is 5.33 Å². The van der Waals surface area contributed by atoms with Gasteiger partial charge in [-0.3, -0.25) is 0 Å². The third kappa shape index (κ3) is 1.98. The van der Waals surface area contributed by atoms with E-state index in [9.17, 15) is 5.11 Å². The quantitative estimate of drug-likeness (QED) is 0.816. The number of fused-ring (bicyclic) bond motifs is 1. The van der Waals surface area contributed by atoms with E-state index in [0.717, 1.165) is 23.7 Å². The van der Waals surface area contributed by atoms with Gasteiger partial charge in [-0.1, -0.05) is 48.0 Å². The smallest absolute Gasteiger partial charge is 0.0796 e. The number of hydrogen-bond acceptors (Lipinski definition) is 1. The lowest BCUT2D eigenvalue weighted by atomic mass is 9.85. The molecule has 0 amide bonds. The molecule has 1 atom stereocenters. The Morgan fingerprint density at radius 2 is 2.20 bits per heavy atom. The Balaban J connectivity index is 2.41. The van der Waals surface area contributed by atoms with Crippen LogP contribution in [0.1, 0.15) is 43.1 Å². The fraction of sp³-hybridized carbons (Fsp3) is 0.538. The molecule has 1 N–H and O–H groups in total. The molecule has 0 saturated carbocycles. The average Bonchev–Trinajstić information content (AvgIpc) is 2.60. The molecule has 0 heterocycles. The van der Waals surface area contributed by atoms with Gasteiger partial charge in [-0.2, -0.15) is 0 Å². The standard InChI is InChI=1S/C13H17BrO/c1-13(2,8-14)10-5-3-9-4-6-12(15)11(9)7-10/h3,5,7,12,15H,4,6,8H2,1-2H3. The summed E-state index contributed by atoms with van der Waals surface area (Å²) >= 11 is 3.54. The summed E-state index contributed by atoms with van der Waals surface area (Å²) in [5, 5.41) is 10.8. The van der Waals surface area contributed by atoms with E-state index in [-0.39, 0.29) is 11.5 Å². The van der Waals surface area contributed by atoms with Crippen LogP contribution in [0.5, 0.6) is 0 Å². The predicted octanol–water partition coefficient (Wildman–Crippen LogP) is 3.34. The molecule has 82 valence electrons. The summed E-state index contributed by atoms with van der Waals surface area (Å²) in [5.41, 5.74) is 3.90. The van der Waals surface area contributed by atoms with Crippen LogP contribution < -0.4 is 0 Å². The molecular formula is C13H17BrO. The highest BCUT2D eigenvalue weighted by atomic mass is 79.9. The number of benzene rings is 1. The van der Waals surface area contributed by atoms with E-state index in [2.05, 4.69) is 48.0 Å². The van der Waals surface area contributed by atoms with Crippen LogP contribution in [0.2, 0.25) is 0 Å². The topological polar surface area (TPSA) is 20.2 Å². The summed E-state index contributed by atoms with van der Waals surface area (Å²) in [6.45, 7) is 4.43. The number of hydrogen-bond donors (Lipinski definition) is 1. The molecule has 0 fully saturated rings. The zero-order chi connectivity index (χ0) is 11.1. The zero-order valence-electron chi connectivity index (χ0n) is 9.26. The average molecular weight is 269 g/mol. The lowest BCUT2D eigenvalue weighted by molar-refractivity contribution is 0.180. The Hall–Kier alpha value is -0.340. The lowest BCUT2D eigenvalue weighted by Gasteiger charge is -2.23. The second-order valence-corrected chi connectivity index (χ2v) is 5.55. The minimum atomic E-state index is -0.244. The number of aliphatic hydroxyl groups excluding tert-OH is 1. The summed E-state index contributed by atoms with van der Waals surface area (Å²) in [4.78, 5) is 0. The Morgan fingerprint density at radius 1 is 1.47 bits per heavy atom. The van der Waals surface area contributed by atoms with Gasteiger partial charge in [0.25, 0.3) is 0 Å². The van der Waals surface area contributed by atoms with Gasteiger partial charge >= 0.3 is 0 Å². The maximum Gasteiger partial charge on any atom is 0.0796 e.